The molecule has 0 amide bonds. The second-order valence-corrected chi connectivity index (χ2v) is 21.1. The standard InChI is InChI=1S/C13H10N2O12S4.C7H6N2O12S4/c16-28(17,18)9-6-8-10(12(30(22,23)24)11(9)29(19,20)21)15-13(14-8)31(25,26)27-7-4-2-1-3-5-7;10-22(11,12)3-1-2-4(9-7(8-2)25(19,20)21)6(24(16,17)18)5(3)23(13,14)15/h1-6H,(H,14,15)(H,16,17,18)(H,19,20,21)(H,22,23,24);1H,(H,8,9)(H,10,11,12)(H,13,14,15)(H,16,17,18)(H,19,20,21). The van der Waals surface area contributed by atoms with Crippen LogP contribution < -0.4 is 4.18 Å². The summed E-state index contributed by atoms with van der Waals surface area (Å²) in [6, 6.07) is 7.38. The van der Waals surface area contributed by atoms with Gasteiger partial charge in [0.15, 0.2) is 0 Å². The van der Waals surface area contributed by atoms with Crippen molar-refractivity contribution in [1.82, 2.24) is 19.9 Å². The SMILES string of the molecule is O=S(=O)(O)c1cc2nc(S(=O)(=O)Oc3ccccc3)[nH]c2c(S(=O)(=O)O)c1S(=O)(=O)O.O=S(=O)(O)c1nc2cc(S(=O)(=O)O)c(S(=O)(=O)O)c(S(=O)(=O)O)c2[nH]1. The Balaban J connectivity index is 0.000000255. The molecule has 308 valence electrons. The Morgan fingerprint density at radius 3 is 1.09 bits per heavy atom. The first kappa shape index (κ1) is 44.4. The number of imidazole rings is 2. The van der Waals surface area contributed by atoms with Gasteiger partial charge in [0.25, 0.3) is 71.0 Å². The van der Waals surface area contributed by atoms with Crippen molar-refractivity contribution in [2.75, 3.05) is 0 Å². The minimum absolute atomic E-state index is 0.185. The fourth-order valence-corrected chi connectivity index (χ4v) is 12.4. The van der Waals surface area contributed by atoms with Gasteiger partial charge in [0.2, 0.25) is 0 Å². The van der Waals surface area contributed by atoms with E-state index in [2.05, 4.69) is 9.97 Å². The van der Waals surface area contributed by atoms with Gasteiger partial charge in [-0.3, -0.25) is 31.9 Å². The zero-order valence-electron chi connectivity index (χ0n) is 25.8. The van der Waals surface area contributed by atoms with E-state index in [4.69, 9.17) is 17.8 Å². The van der Waals surface area contributed by atoms with Crippen molar-refractivity contribution in [3.05, 3.63) is 42.5 Å². The molecule has 0 atom stereocenters. The van der Waals surface area contributed by atoms with Gasteiger partial charge in [-0.1, -0.05) is 18.2 Å². The third-order valence-electron chi connectivity index (χ3n) is 6.29. The Morgan fingerprint density at radius 1 is 0.429 bits per heavy atom. The van der Waals surface area contributed by atoms with Crippen LogP contribution in [0.25, 0.3) is 22.1 Å². The summed E-state index contributed by atoms with van der Waals surface area (Å²) in [5.74, 6) is -0.185. The van der Waals surface area contributed by atoms with Gasteiger partial charge in [0, 0.05) is 0 Å². The van der Waals surface area contributed by atoms with Gasteiger partial charge in [-0.15, -0.1) is 0 Å². The molecule has 2 aromatic heterocycles. The molecule has 0 aliphatic heterocycles. The molecule has 5 rings (SSSR count). The molecule has 0 bridgehead atoms. The molecule has 3 aromatic carbocycles. The second kappa shape index (κ2) is 14.0. The number of hydrogen-bond donors (Lipinski definition) is 9. The fourth-order valence-electron chi connectivity index (χ4n) is 4.36. The van der Waals surface area contributed by atoms with Crippen LogP contribution in [0.15, 0.2) is 82.2 Å². The minimum Gasteiger partial charge on any atom is -0.377 e. The van der Waals surface area contributed by atoms with Crippen molar-refractivity contribution >= 4 is 103 Å². The van der Waals surface area contributed by atoms with Gasteiger partial charge >= 0.3 is 20.2 Å². The lowest BCUT2D eigenvalue weighted by atomic mass is 10.3. The van der Waals surface area contributed by atoms with Crippen molar-refractivity contribution < 1.29 is 103 Å². The van der Waals surface area contributed by atoms with Crippen LogP contribution in [-0.4, -0.2) is 119 Å². The molecule has 0 spiro atoms. The van der Waals surface area contributed by atoms with Gasteiger partial charge in [0.1, 0.15) is 35.1 Å². The normalized spacial score (nSPS) is 13.7. The molecule has 0 radical (unpaired) electrons. The Kier molecular flexibility index (Phi) is 11.1. The van der Waals surface area contributed by atoms with E-state index in [1.54, 1.807) is 11.1 Å². The van der Waals surface area contributed by atoms with Gasteiger partial charge in [-0.25, -0.2) is 9.97 Å². The maximum atomic E-state index is 12.4. The highest BCUT2D eigenvalue weighted by atomic mass is 32.3. The number of benzene rings is 3. The summed E-state index contributed by atoms with van der Waals surface area (Å²) in [6.45, 7) is 0. The average molecular weight is 953 g/mol. The summed E-state index contributed by atoms with van der Waals surface area (Å²) < 4.78 is 255. The van der Waals surface area contributed by atoms with Gasteiger partial charge in [0.05, 0.1) is 22.1 Å². The molecule has 5 aromatic rings. The maximum absolute atomic E-state index is 12.4. The molecular formula is C20H16N4O24S8. The molecule has 56 heavy (non-hydrogen) atoms. The smallest absolute Gasteiger partial charge is 0.373 e. The highest BCUT2D eigenvalue weighted by Gasteiger charge is 2.38. The van der Waals surface area contributed by atoms with Gasteiger partial charge < -0.3 is 14.2 Å². The largest absolute Gasteiger partial charge is 0.377 e. The number of nitrogens with zero attached hydrogens (tertiary/aromatic N) is 2. The number of nitrogens with one attached hydrogen (secondary N) is 2. The first-order valence-corrected chi connectivity index (χ1v) is 24.4. The molecule has 0 saturated carbocycles. The summed E-state index contributed by atoms with van der Waals surface area (Å²) in [6.07, 6.45) is 0. The Hall–Kier alpha value is -4.28. The number of hydrogen-bond acceptors (Lipinski definition) is 19. The van der Waals surface area contributed by atoms with E-state index in [0.717, 1.165) is 0 Å². The fraction of sp³-hybridized carbons (Fsp3) is 0. The topological polar surface area (TPSA) is 481 Å². The Bertz CT molecular complexity index is 3390. The lowest BCUT2D eigenvalue weighted by Gasteiger charge is -2.09. The van der Waals surface area contributed by atoms with E-state index >= 15 is 0 Å². The predicted octanol–water partition coefficient (Wildman–Crippen LogP) is -1.38. The first-order valence-electron chi connectivity index (χ1n) is 12.9. The maximum Gasteiger partial charge on any atom is 0.373 e. The van der Waals surface area contributed by atoms with Crippen LogP contribution in [0.2, 0.25) is 0 Å². The molecule has 0 saturated heterocycles. The van der Waals surface area contributed by atoms with E-state index in [1.807, 2.05) is 4.98 Å². The second-order valence-electron chi connectivity index (χ2n) is 10.1. The molecule has 28 nitrogen and oxygen atoms in total. The summed E-state index contributed by atoms with van der Waals surface area (Å²) in [5, 5.41) is -2.44. The van der Waals surface area contributed by atoms with Crippen molar-refractivity contribution in [3.8, 4) is 5.75 Å². The van der Waals surface area contributed by atoms with Gasteiger partial charge in [-0.05, 0) is 24.3 Å². The minimum atomic E-state index is -5.70. The van der Waals surface area contributed by atoms with Crippen molar-refractivity contribution in [2.24, 2.45) is 0 Å². The lowest BCUT2D eigenvalue weighted by Crippen LogP contribution is -2.15. The summed E-state index contributed by atoms with van der Waals surface area (Å²) >= 11 is 0. The van der Waals surface area contributed by atoms with E-state index in [9.17, 15) is 85.6 Å². The summed E-state index contributed by atoms with van der Waals surface area (Å²) in [5.41, 5.74) is -3.78. The molecule has 2 heterocycles. The number of H-pyrrole nitrogens is 2. The molecule has 0 fully saturated rings. The molecule has 0 aliphatic carbocycles. The molecule has 9 N–H and O–H groups in total. The van der Waals surface area contributed by atoms with Gasteiger partial charge in [-0.2, -0.15) is 67.3 Å². The van der Waals surface area contributed by atoms with Crippen LogP contribution in [0, 0.1) is 0 Å². The van der Waals surface area contributed by atoms with E-state index in [1.165, 1.54) is 24.3 Å². The number of fused-ring (bicyclic) bond motifs is 2. The van der Waals surface area contributed by atoms with E-state index in [-0.39, 0.29) is 17.9 Å². The number of rotatable bonds is 10. The molecular weight excluding hydrogens is 937 g/mol. The number of para-hydroxylation sites is 1. The van der Waals surface area contributed by atoms with Crippen LogP contribution in [-0.2, 0) is 80.9 Å². The van der Waals surface area contributed by atoms with Crippen LogP contribution in [0.3, 0.4) is 0 Å². The third-order valence-corrected chi connectivity index (χ3v) is 14.0. The third kappa shape index (κ3) is 9.29. The van der Waals surface area contributed by atoms with Crippen LogP contribution in [0.1, 0.15) is 0 Å². The molecule has 0 aliphatic rings. The van der Waals surface area contributed by atoms with Crippen molar-refractivity contribution in [1.29, 1.82) is 0 Å². The zero-order chi connectivity index (χ0) is 43.0. The van der Waals surface area contributed by atoms with Crippen molar-refractivity contribution in [3.63, 3.8) is 0 Å². The van der Waals surface area contributed by atoms with Crippen LogP contribution >= 0.6 is 0 Å². The predicted molar refractivity (Wildman–Crippen MR) is 175 cm³/mol. The Morgan fingerprint density at radius 2 is 0.768 bits per heavy atom. The summed E-state index contributed by atoms with van der Waals surface area (Å²) in [4.78, 5) is -0.640. The van der Waals surface area contributed by atoms with Crippen LogP contribution in [0.5, 0.6) is 5.75 Å². The summed E-state index contributed by atoms with van der Waals surface area (Å²) in [7, 11) is -43.6. The highest BCUT2D eigenvalue weighted by Crippen LogP contribution is 2.36. The zero-order valence-corrected chi connectivity index (χ0v) is 32.3. The van der Waals surface area contributed by atoms with Crippen LogP contribution in [0.4, 0.5) is 0 Å². The monoisotopic (exact) mass is 952 g/mol. The first-order chi connectivity index (χ1) is 25.0. The lowest BCUT2D eigenvalue weighted by molar-refractivity contribution is 0.456. The number of aromatic amines is 2. The van der Waals surface area contributed by atoms with E-state index in [0.29, 0.717) is 0 Å². The highest BCUT2D eigenvalue weighted by molar-refractivity contribution is 7.91. The average Bonchev–Trinajstić information content (AvgIpc) is 3.62. The quantitative estimate of drug-likeness (QED) is 0.0575. The van der Waals surface area contributed by atoms with E-state index < -0.39 is 143 Å². The molecule has 36 heteroatoms. The Labute approximate surface area is 312 Å². The van der Waals surface area contributed by atoms with Crippen molar-refractivity contribution in [2.45, 2.75) is 39.7 Å². The molecule has 0 unspecified atom stereocenters. The number of aromatic nitrogens is 4.